The number of oxime groups is 2. The quantitative estimate of drug-likeness (QED) is 0.460. The molecule has 0 aliphatic rings. The third-order valence-corrected chi connectivity index (χ3v) is 1.87. The average Bonchev–Trinajstić information content (AvgIpc) is 2.22. The van der Waals surface area contributed by atoms with Crippen molar-refractivity contribution < 1.29 is 19.1 Å². The second-order valence-electron chi connectivity index (χ2n) is 3.23. The highest BCUT2D eigenvalue weighted by molar-refractivity contribution is 6.38. The van der Waals surface area contributed by atoms with Crippen molar-refractivity contribution in [3.63, 3.8) is 0 Å². The molecule has 0 N–H and O–H groups in total. The van der Waals surface area contributed by atoms with Crippen molar-refractivity contribution in [1.29, 1.82) is 0 Å². The topological polar surface area (TPSA) is 43.2 Å². The number of nitrogens with zero attached hydrogens (tertiary/aromatic N) is 2. The van der Waals surface area contributed by atoms with Crippen molar-refractivity contribution in [1.82, 2.24) is 0 Å². The van der Waals surface area contributed by atoms with Crippen molar-refractivity contribution in [2.24, 2.45) is 10.3 Å². The molecular weight excluding hydrogens is 229 g/mol. The first-order valence-corrected chi connectivity index (χ1v) is 4.43. The summed E-state index contributed by atoms with van der Waals surface area (Å²) in [6, 6.07) is 5.39. The molecule has 0 amide bonds. The largest absolute Gasteiger partial charge is 0.174 e. The fourth-order valence-corrected chi connectivity index (χ4v) is 1.38. The van der Waals surface area contributed by atoms with Crippen LogP contribution in [0.25, 0.3) is 0 Å². The van der Waals surface area contributed by atoms with E-state index in [1.165, 1.54) is 0 Å². The Hall–Kier alpha value is -1.92. The second-order valence-corrected chi connectivity index (χ2v) is 3.23. The molecule has 0 unspecified atom stereocenters. The van der Waals surface area contributed by atoms with E-state index < -0.39 is 0 Å². The maximum atomic E-state index is 11.7. The first-order chi connectivity index (χ1) is 7.67. The maximum absolute atomic E-state index is 11.7. The minimum atomic E-state index is 0. The van der Waals surface area contributed by atoms with Crippen molar-refractivity contribution >= 4 is 20.3 Å². The van der Waals surface area contributed by atoms with Gasteiger partial charge in [0.1, 0.15) is 11.9 Å². The molecular formula is C10H10BF2N2O2. The smallest absolute Gasteiger partial charge is 0.136 e. The number of rotatable bonds is 4. The zero-order valence-electron chi connectivity index (χ0n) is 9.35. The zero-order chi connectivity index (χ0) is 12.0. The van der Waals surface area contributed by atoms with Crippen LogP contribution in [-0.2, 0) is 10.1 Å². The van der Waals surface area contributed by atoms with Gasteiger partial charge in [-0.1, -0.05) is 17.2 Å². The fourth-order valence-electron chi connectivity index (χ4n) is 1.38. The van der Waals surface area contributed by atoms with Gasteiger partial charge in [0.15, 0.2) is 0 Å². The Bertz CT molecular complexity index is 405. The Labute approximate surface area is 99.3 Å². The van der Waals surface area contributed by atoms with E-state index in [-0.39, 0.29) is 14.1 Å². The van der Waals surface area contributed by atoms with Crippen LogP contribution in [0.3, 0.4) is 0 Å². The van der Waals surface area contributed by atoms with E-state index in [0.29, 0.717) is 5.56 Å². The van der Waals surface area contributed by atoms with E-state index >= 15 is 0 Å². The van der Waals surface area contributed by atoms with Gasteiger partial charge in [0, 0.05) is 23.0 Å². The normalized spacial score (nSPS) is 11.2. The molecule has 3 radical (unpaired) electrons. The monoisotopic (exact) mass is 239 g/mol. The molecule has 17 heavy (non-hydrogen) atoms. The summed E-state index contributed by atoms with van der Waals surface area (Å²) >= 11 is 0. The van der Waals surface area contributed by atoms with Gasteiger partial charge in [-0.2, -0.15) is 10.1 Å². The van der Waals surface area contributed by atoms with Gasteiger partial charge >= 0.3 is 0 Å². The standard InChI is InChI=1S/C10H10F2N2O2.B/c1-7-3-8(2)5-9(4-7)10(14-16-12)6-13-15-11;/h3-6H,1-2H3;. The first-order valence-electron chi connectivity index (χ1n) is 4.43. The molecule has 7 heteroatoms. The Morgan fingerprint density at radius 2 is 1.71 bits per heavy atom. The summed E-state index contributed by atoms with van der Waals surface area (Å²) in [5.74, 6) is 0. The minimum absolute atomic E-state index is 0. The molecule has 0 aromatic heterocycles. The third kappa shape index (κ3) is 4.63. The summed E-state index contributed by atoms with van der Waals surface area (Å²) in [5, 5.41) is 12.1. The highest BCUT2D eigenvalue weighted by atomic mass is 19.3. The van der Waals surface area contributed by atoms with Crippen molar-refractivity contribution in [2.75, 3.05) is 0 Å². The Kier molecular flexibility index (Phi) is 6.54. The van der Waals surface area contributed by atoms with Crippen LogP contribution in [0.5, 0.6) is 0 Å². The summed E-state index contributed by atoms with van der Waals surface area (Å²) in [7, 11) is 0. The van der Waals surface area contributed by atoms with Crippen LogP contribution in [0.4, 0.5) is 9.05 Å². The molecule has 0 atom stereocenters. The van der Waals surface area contributed by atoms with E-state index in [0.717, 1.165) is 17.3 Å². The van der Waals surface area contributed by atoms with Crippen molar-refractivity contribution in [3.8, 4) is 0 Å². The van der Waals surface area contributed by atoms with Gasteiger partial charge in [-0.15, -0.1) is 0 Å². The molecule has 0 aliphatic heterocycles. The van der Waals surface area contributed by atoms with Crippen LogP contribution >= 0.6 is 0 Å². The summed E-state index contributed by atoms with van der Waals surface area (Å²) in [6.45, 7) is 3.74. The molecule has 0 fully saturated rings. The summed E-state index contributed by atoms with van der Waals surface area (Å²) in [5.41, 5.74) is 2.48. The lowest BCUT2D eigenvalue weighted by Gasteiger charge is -2.02. The van der Waals surface area contributed by atoms with E-state index in [1.54, 1.807) is 12.1 Å². The zero-order valence-corrected chi connectivity index (χ0v) is 9.35. The van der Waals surface area contributed by atoms with Gasteiger partial charge in [0.05, 0.1) is 0 Å². The van der Waals surface area contributed by atoms with E-state index in [2.05, 4.69) is 20.4 Å². The predicted molar refractivity (Wildman–Crippen MR) is 61.1 cm³/mol. The maximum Gasteiger partial charge on any atom is 0.136 e. The van der Waals surface area contributed by atoms with Crippen LogP contribution in [0.15, 0.2) is 28.5 Å². The molecule has 0 saturated heterocycles. The molecule has 0 aliphatic carbocycles. The molecule has 1 aromatic carbocycles. The highest BCUT2D eigenvalue weighted by Crippen LogP contribution is 2.10. The van der Waals surface area contributed by atoms with E-state index in [4.69, 9.17) is 0 Å². The minimum Gasteiger partial charge on any atom is -0.174 e. The molecule has 89 valence electrons. The molecule has 1 rings (SSSR count). The molecule has 1 aromatic rings. The SMILES string of the molecule is Cc1cc(C)cc(C(C=NOF)=NOF)c1.[B]. The van der Waals surface area contributed by atoms with Crippen molar-refractivity contribution in [2.45, 2.75) is 13.8 Å². The third-order valence-electron chi connectivity index (χ3n) is 1.87. The van der Waals surface area contributed by atoms with Crippen LogP contribution in [0, 0.1) is 13.8 Å². The first kappa shape index (κ1) is 15.1. The van der Waals surface area contributed by atoms with Crippen LogP contribution in [0.2, 0.25) is 0 Å². The van der Waals surface area contributed by atoms with Crippen LogP contribution in [-0.4, -0.2) is 20.3 Å². The molecule has 0 bridgehead atoms. The Morgan fingerprint density at radius 3 is 2.18 bits per heavy atom. The predicted octanol–water partition coefficient (Wildman–Crippen LogP) is 2.41. The number of halogens is 2. The molecule has 0 heterocycles. The Balaban J connectivity index is 0.00000256. The Morgan fingerprint density at radius 1 is 1.12 bits per heavy atom. The van der Waals surface area contributed by atoms with E-state index in [9.17, 15) is 9.05 Å². The van der Waals surface area contributed by atoms with Gasteiger partial charge in [-0.3, -0.25) is 0 Å². The van der Waals surface area contributed by atoms with Gasteiger partial charge in [0.25, 0.3) is 0 Å². The lowest BCUT2D eigenvalue weighted by Crippen LogP contribution is -2.04. The van der Waals surface area contributed by atoms with Gasteiger partial charge in [-0.25, -0.2) is 0 Å². The van der Waals surface area contributed by atoms with Crippen molar-refractivity contribution in [3.05, 3.63) is 34.9 Å². The molecule has 4 nitrogen and oxygen atoms in total. The summed E-state index contributed by atoms with van der Waals surface area (Å²) in [6.07, 6.45) is 0.911. The fraction of sp³-hybridized carbons (Fsp3) is 0.200. The lowest BCUT2D eigenvalue weighted by atomic mass is 10.0. The number of benzene rings is 1. The highest BCUT2D eigenvalue weighted by Gasteiger charge is 2.04. The van der Waals surface area contributed by atoms with Gasteiger partial charge in [-0.05, 0) is 36.3 Å². The van der Waals surface area contributed by atoms with Crippen LogP contribution in [0.1, 0.15) is 16.7 Å². The van der Waals surface area contributed by atoms with E-state index in [1.807, 2.05) is 19.9 Å². The molecule has 0 spiro atoms. The molecule has 0 saturated carbocycles. The average molecular weight is 239 g/mol. The van der Waals surface area contributed by atoms with Gasteiger partial charge < -0.3 is 0 Å². The lowest BCUT2D eigenvalue weighted by molar-refractivity contribution is -0.132. The second kappa shape index (κ2) is 7.37. The number of hydrogen-bond donors (Lipinski definition) is 0. The number of hydrogen-bond acceptors (Lipinski definition) is 4. The van der Waals surface area contributed by atoms with Gasteiger partial charge in [0.2, 0.25) is 0 Å². The number of aryl methyl sites for hydroxylation is 2. The van der Waals surface area contributed by atoms with Crippen LogP contribution < -0.4 is 0 Å². The summed E-state index contributed by atoms with van der Waals surface area (Å²) in [4.78, 5) is 0. The summed E-state index contributed by atoms with van der Waals surface area (Å²) < 4.78 is 23.1.